The molecule has 0 spiro atoms. The van der Waals surface area contributed by atoms with Gasteiger partial charge in [0.1, 0.15) is 0 Å². The minimum Gasteiger partial charge on any atom is -0.314 e. The molecular weight excluding hydrogens is 268 g/mol. The van der Waals surface area contributed by atoms with Crippen LogP contribution in [0.5, 0.6) is 0 Å². The number of benzene rings is 1. The van der Waals surface area contributed by atoms with Crippen molar-refractivity contribution >= 4 is 11.6 Å². The topological polar surface area (TPSA) is 15.3 Å². The number of hydrogen-bond acceptors (Lipinski definition) is 2. The van der Waals surface area contributed by atoms with E-state index in [4.69, 9.17) is 11.6 Å². The molecule has 0 saturated heterocycles. The lowest BCUT2D eigenvalue weighted by Crippen LogP contribution is -2.50. The summed E-state index contributed by atoms with van der Waals surface area (Å²) in [7, 11) is 2.25. The molecule has 2 rings (SSSR count). The summed E-state index contributed by atoms with van der Waals surface area (Å²) in [5.41, 5.74) is 1.31. The molecule has 0 aromatic heterocycles. The molecule has 1 N–H and O–H groups in total. The first-order valence-electron chi connectivity index (χ1n) is 7.69. The van der Waals surface area contributed by atoms with Gasteiger partial charge < -0.3 is 5.32 Å². The maximum absolute atomic E-state index is 6.11. The van der Waals surface area contributed by atoms with Crippen molar-refractivity contribution in [1.29, 1.82) is 0 Å². The second kappa shape index (κ2) is 6.93. The van der Waals surface area contributed by atoms with Gasteiger partial charge in [0.05, 0.1) is 0 Å². The van der Waals surface area contributed by atoms with Gasteiger partial charge >= 0.3 is 0 Å². The van der Waals surface area contributed by atoms with Gasteiger partial charge in [-0.3, -0.25) is 4.90 Å². The highest BCUT2D eigenvalue weighted by Crippen LogP contribution is 2.35. The summed E-state index contributed by atoms with van der Waals surface area (Å²) in [6.45, 7) is 7.84. The molecule has 1 aliphatic rings. The monoisotopic (exact) mass is 294 g/mol. The second-order valence-corrected chi connectivity index (χ2v) is 6.80. The third-order valence-electron chi connectivity index (χ3n) is 4.63. The van der Waals surface area contributed by atoms with E-state index >= 15 is 0 Å². The molecule has 1 aliphatic carbocycles. The van der Waals surface area contributed by atoms with E-state index in [1.54, 1.807) is 0 Å². The SMILES string of the molecule is CC(C)NCC1CCC1N(C)C(C)c1cccc(Cl)c1. The van der Waals surface area contributed by atoms with E-state index in [1.165, 1.54) is 18.4 Å². The van der Waals surface area contributed by atoms with E-state index in [-0.39, 0.29) is 0 Å². The molecule has 112 valence electrons. The lowest BCUT2D eigenvalue weighted by Gasteiger charge is -2.45. The van der Waals surface area contributed by atoms with Crippen molar-refractivity contribution in [2.75, 3.05) is 13.6 Å². The summed E-state index contributed by atoms with van der Waals surface area (Å²) < 4.78 is 0. The molecule has 1 saturated carbocycles. The van der Waals surface area contributed by atoms with Gasteiger partial charge in [0.25, 0.3) is 0 Å². The lowest BCUT2D eigenvalue weighted by atomic mass is 9.77. The molecule has 3 heteroatoms. The van der Waals surface area contributed by atoms with Crippen LogP contribution in [0.3, 0.4) is 0 Å². The van der Waals surface area contributed by atoms with Crippen molar-refractivity contribution < 1.29 is 0 Å². The fourth-order valence-electron chi connectivity index (χ4n) is 3.00. The number of nitrogens with one attached hydrogen (secondary N) is 1. The quantitative estimate of drug-likeness (QED) is 0.849. The molecule has 20 heavy (non-hydrogen) atoms. The molecular formula is C17H27ClN2. The van der Waals surface area contributed by atoms with E-state index in [0.29, 0.717) is 18.1 Å². The third-order valence-corrected chi connectivity index (χ3v) is 4.87. The minimum atomic E-state index is 0.417. The van der Waals surface area contributed by atoms with Crippen LogP contribution in [0.2, 0.25) is 5.02 Å². The molecule has 0 amide bonds. The van der Waals surface area contributed by atoms with E-state index in [0.717, 1.165) is 17.5 Å². The zero-order chi connectivity index (χ0) is 14.7. The summed E-state index contributed by atoms with van der Waals surface area (Å²) in [6.07, 6.45) is 2.66. The molecule has 3 atom stereocenters. The zero-order valence-corrected chi connectivity index (χ0v) is 13.8. The molecule has 1 aromatic rings. The third kappa shape index (κ3) is 3.75. The fourth-order valence-corrected chi connectivity index (χ4v) is 3.20. The average Bonchev–Trinajstić information content (AvgIpc) is 2.36. The second-order valence-electron chi connectivity index (χ2n) is 6.36. The minimum absolute atomic E-state index is 0.417. The highest BCUT2D eigenvalue weighted by Gasteiger charge is 2.35. The van der Waals surface area contributed by atoms with Gasteiger partial charge in [-0.1, -0.05) is 37.6 Å². The van der Waals surface area contributed by atoms with Crippen LogP contribution in [0.15, 0.2) is 24.3 Å². The smallest absolute Gasteiger partial charge is 0.0409 e. The predicted molar refractivity (Wildman–Crippen MR) is 87.3 cm³/mol. The van der Waals surface area contributed by atoms with Crippen molar-refractivity contribution in [2.24, 2.45) is 5.92 Å². The fraction of sp³-hybridized carbons (Fsp3) is 0.647. The largest absolute Gasteiger partial charge is 0.314 e. The van der Waals surface area contributed by atoms with E-state index in [2.05, 4.69) is 50.2 Å². The molecule has 0 heterocycles. The Labute approximate surface area is 128 Å². The first kappa shape index (κ1) is 15.8. The Hall–Kier alpha value is -0.570. The van der Waals surface area contributed by atoms with Gasteiger partial charge in [-0.2, -0.15) is 0 Å². The Morgan fingerprint density at radius 3 is 2.60 bits per heavy atom. The van der Waals surface area contributed by atoms with Gasteiger partial charge in [-0.25, -0.2) is 0 Å². The molecule has 0 aliphatic heterocycles. The maximum atomic E-state index is 6.11. The normalized spacial score (nSPS) is 23.9. The summed E-state index contributed by atoms with van der Waals surface area (Å²) >= 11 is 6.11. The van der Waals surface area contributed by atoms with Crippen LogP contribution in [0, 0.1) is 5.92 Å². The lowest BCUT2D eigenvalue weighted by molar-refractivity contribution is 0.0539. The number of halogens is 1. The molecule has 3 unspecified atom stereocenters. The molecule has 1 aromatic carbocycles. The molecule has 0 radical (unpaired) electrons. The average molecular weight is 295 g/mol. The maximum Gasteiger partial charge on any atom is 0.0409 e. The van der Waals surface area contributed by atoms with Crippen LogP contribution in [0.4, 0.5) is 0 Å². The first-order valence-corrected chi connectivity index (χ1v) is 8.07. The summed E-state index contributed by atoms with van der Waals surface area (Å²) in [4.78, 5) is 2.52. The van der Waals surface area contributed by atoms with Crippen LogP contribution in [-0.2, 0) is 0 Å². The van der Waals surface area contributed by atoms with E-state index < -0.39 is 0 Å². The highest BCUT2D eigenvalue weighted by molar-refractivity contribution is 6.30. The van der Waals surface area contributed by atoms with Gasteiger partial charge in [-0.15, -0.1) is 0 Å². The summed E-state index contributed by atoms with van der Waals surface area (Å²) in [5, 5.41) is 4.40. The number of nitrogens with zero attached hydrogens (tertiary/aromatic N) is 1. The zero-order valence-electron chi connectivity index (χ0n) is 13.1. The van der Waals surface area contributed by atoms with Crippen molar-refractivity contribution in [3.63, 3.8) is 0 Å². The van der Waals surface area contributed by atoms with E-state index in [9.17, 15) is 0 Å². The molecule has 0 bridgehead atoms. The Kier molecular flexibility index (Phi) is 5.48. The first-order chi connectivity index (χ1) is 9.49. The van der Waals surface area contributed by atoms with Crippen LogP contribution in [0.1, 0.15) is 45.2 Å². The predicted octanol–water partition coefficient (Wildman–Crippen LogP) is 4.11. The van der Waals surface area contributed by atoms with Gasteiger partial charge in [-0.05, 0) is 57.0 Å². The van der Waals surface area contributed by atoms with Crippen LogP contribution in [-0.4, -0.2) is 30.6 Å². The Bertz CT molecular complexity index is 433. The summed E-state index contributed by atoms with van der Waals surface area (Å²) in [5.74, 6) is 0.782. The number of hydrogen-bond donors (Lipinski definition) is 1. The Balaban J connectivity index is 1.95. The Morgan fingerprint density at radius 1 is 1.30 bits per heavy atom. The van der Waals surface area contributed by atoms with Crippen molar-refractivity contribution in [1.82, 2.24) is 10.2 Å². The molecule has 2 nitrogen and oxygen atoms in total. The van der Waals surface area contributed by atoms with Gasteiger partial charge in [0.15, 0.2) is 0 Å². The van der Waals surface area contributed by atoms with Crippen molar-refractivity contribution in [3.05, 3.63) is 34.9 Å². The van der Waals surface area contributed by atoms with Crippen LogP contribution >= 0.6 is 11.6 Å². The molecule has 1 fully saturated rings. The van der Waals surface area contributed by atoms with Crippen LogP contribution < -0.4 is 5.32 Å². The van der Waals surface area contributed by atoms with Crippen molar-refractivity contribution in [2.45, 2.75) is 51.7 Å². The van der Waals surface area contributed by atoms with Crippen LogP contribution in [0.25, 0.3) is 0 Å². The standard InChI is InChI=1S/C17H27ClN2/c1-12(2)19-11-15-8-9-17(15)20(4)13(3)14-6-5-7-16(18)10-14/h5-7,10,12-13,15,17,19H,8-9,11H2,1-4H3. The van der Waals surface area contributed by atoms with Gasteiger partial charge in [0, 0.05) is 23.1 Å². The van der Waals surface area contributed by atoms with Gasteiger partial charge in [0.2, 0.25) is 0 Å². The number of rotatable bonds is 6. The Morgan fingerprint density at radius 2 is 2.05 bits per heavy atom. The van der Waals surface area contributed by atoms with Crippen molar-refractivity contribution in [3.8, 4) is 0 Å². The summed E-state index contributed by atoms with van der Waals surface area (Å²) in [6, 6.07) is 9.93. The van der Waals surface area contributed by atoms with E-state index in [1.807, 2.05) is 12.1 Å². The highest BCUT2D eigenvalue weighted by atomic mass is 35.5.